The zero-order valence-corrected chi connectivity index (χ0v) is 14.2. The molecule has 0 saturated carbocycles. The Balaban J connectivity index is 2.10. The van der Waals surface area contributed by atoms with E-state index in [1.54, 1.807) is 17.0 Å². The Morgan fingerprint density at radius 1 is 1.43 bits per heavy atom. The maximum Gasteiger partial charge on any atom is 0.410 e. The minimum Gasteiger partial charge on any atom is -0.444 e. The average Bonchev–Trinajstić information content (AvgIpc) is 2.40. The number of rotatable bonds is 1. The molecular formula is C16H21BrFNO2. The highest BCUT2D eigenvalue weighted by atomic mass is 79.9. The van der Waals surface area contributed by atoms with Gasteiger partial charge in [0.15, 0.2) is 0 Å². The van der Waals surface area contributed by atoms with Crippen LogP contribution in [0.5, 0.6) is 0 Å². The molecule has 21 heavy (non-hydrogen) atoms. The number of nitrogens with zero attached hydrogens (tertiary/aromatic N) is 1. The molecule has 1 aromatic rings. The summed E-state index contributed by atoms with van der Waals surface area (Å²) in [5, 5.41) is 0. The molecule has 3 nitrogen and oxygen atoms in total. The molecule has 0 radical (unpaired) electrons. The van der Waals surface area contributed by atoms with Gasteiger partial charge in [0, 0.05) is 23.5 Å². The summed E-state index contributed by atoms with van der Waals surface area (Å²) in [5.41, 5.74) is 0.423. The molecule has 0 spiro atoms. The molecular weight excluding hydrogens is 337 g/mol. The Morgan fingerprint density at radius 3 is 2.81 bits per heavy atom. The van der Waals surface area contributed by atoms with Crippen LogP contribution in [0.3, 0.4) is 0 Å². The van der Waals surface area contributed by atoms with Crippen LogP contribution in [0.1, 0.15) is 45.1 Å². The van der Waals surface area contributed by atoms with Gasteiger partial charge in [-0.3, -0.25) is 0 Å². The lowest BCUT2D eigenvalue weighted by Gasteiger charge is -2.34. The van der Waals surface area contributed by atoms with E-state index in [0.717, 1.165) is 22.9 Å². The first kappa shape index (κ1) is 16.3. The number of halogens is 2. The third kappa shape index (κ3) is 4.43. The monoisotopic (exact) mass is 357 g/mol. The molecule has 1 fully saturated rings. The number of carbonyl (C=O) groups excluding carboxylic acids is 1. The maximum absolute atomic E-state index is 13.5. The summed E-state index contributed by atoms with van der Waals surface area (Å²) in [7, 11) is 0. The number of ether oxygens (including phenoxy) is 1. The summed E-state index contributed by atoms with van der Waals surface area (Å²) in [6, 6.07) is 4.70. The van der Waals surface area contributed by atoms with E-state index in [2.05, 4.69) is 15.9 Å². The van der Waals surface area contributed by atoms with Crippen molar-refractivity contribution in [2.24, 2.45) is 0 Å². The quantitative estimate of drug-likeness (QED) is 0.728. The first-order valence-corrected chi connectivity index (χ1v) is 7.98. The number of benzene rings is 1. The van der Waals surface area contributed by atoms with E-state index in [4.69, 9.17) is 4.74 Å². The lowest BCUT2D eigenvalue weighted by Crippen LogP contribution is -2.42. The zero-order chi connectivity index (χ0) is 15.6. The number of likely N-dealkylation sites (tertiary alicyclic amines) is 1. The van der Waals surface area contributed by atoms with Gasteiger partial charge in [-0.15, -0.1) is 0 Å². The SMILES string of the molecule is CC(C)(C)OC(=O)N1CCCC(c2cc(F)ccc2Br)C1. The van der Waals surface area contributed by atoms with Gasteiger partial charge >= 0.3 is 6.09 Å². The Labute approximate surface area is 133 Å². The second-order valence-electron chi connectivity index (χ2n) is 6.43. The van der Waals surface area contributed by atoms with Crippen molar-refractivity contribution in [1.29, 1.82) is 0 Å². The van der Waals surface area contributed by atoms with E-state index in [-0.39, 0.29) is 17.8 Å². The fourth-order valence-electron chi connectivity index (χ4n) is 2.55. The summed E-state index contributed by atoms with van der Waals surface area (Å²) >= 11 is 3.47. The number of hydrogen-bond donors (Lipinski definition) is 0. The fourth-order valence-corrected chi connectivity index (χ4v) is 3.12. The number of carbonyl (C=O) groups is 1. The van der Waals surface area contributed by atoms with Gasteiger partial charge in [-0.2, -0.15) is 0 Å². The average molecular weight is 358 g/mol. The Hall–Kier alpha value is -1.10. The molecule has 1 aliphatic rings. The summed E-state index contributed by atoms with van der Waals surface area (Å²) in [6.07, 6.45) is 1.55. The van der Waals surface area contributed by atoms with Gasteiger partial charge in [-0.05, 0) is 57.4 Å². The molecule has 1 atom stereocenters. The van der Waals surface area contributed by atoms with Crippen molar-refractivity contribution >= 4 is 22.0 Å². The second-order valence-corrected chi connectivity index (χ2v) is 7.29. The molecule has 1 aliphatic heterocycles. The molecule has 1 heterocycles. The van der Waals surface area contributed by atoms with Crippen LogP contribution in [0.2, 0.25) is 0 Å². The Bertz CT molecular complexity index is 527. The van der Waals surface area contributed by atoms with Crippen molar-refractivity contribution in [3.63, 3.8) is 0 Å². The van der Waals surface area contributed by atoms with E-state index < -0.39 is 5.60 Å². The standard InChI is InChI=1S/C16H21BrFNO2/c1-16(2,3)21-15(20)19-8-4-5-11(10-19)13-9-12(18)6-7-14(13)17/h6-7,9,11H,4-5,8,10H2,1-3H3. The van der Waals surface area contributed by atoms with Crippen molar-refractivity contribution < 1.29 is 13.9 Å². The number of piperidine rings is 1. The molecule has 2 rings (SSSR count). The Morgan fingerprint density at radius 2 is 2.14 bits per heavy atom. The van der Waals surface area contributed by atoms with Crippen LogP contribution in [0.25, 0.3) is 0 Å². The normalized spacial score (nSPS) is 19.5. The molecule has 1 saturated heterocycles. The third-order valence-electron chi connectivity index (χ3n) is 3.47. The molecule has 0 aliphatic carbocycles. The maximum atomic E-state index is 13.5. The topological polar surface area (TPSA) is 29.5 Å². The first-order chi connectivity index (χ1) is 9.76. The highest BCUT2D eigenvalue weighted by Gasteiger charge is 2.29. The molecule has 1 amide bonds. The molecule has 0 aromatic heterocycles. The molecule has 0 N–H and O–H groups in total. The summed E-state index contributed by atoms with van der Waals surface area (Å²) in [4.78, 5) is 13.9. The van der Waals surface area contributed by atoms with E-state index in [0.29, 0.717) is 13.1 Å². The van der Waals surface area contributed by atoms with Gasteiger partial charge in [0.1, 0.15) is 11.4 Å². The number of amides is 1. The van der Waals surface area contributed by atoms with Gasteiger partial charge in [0.25, 0.3) is 0 Å². The summed E-state index contributed by atoms with van der Waals surface area (Å²) in [6.45, 7) is 6.83. The van der Waals surface area contributed by atoms with Crippen LogP contribution < -0.4 is 0 Å². The van der Waals surface area contributed by atoms with Gasteiger partial charge < -0.3 is 9.64 Å². The van der Waals surface area contributed by atoms with Crippen molar-refractivity contribution in [2.75, 3.05) is 13.1 Å². The molecule has 1 unspecified atom stereocenters. The highest BCUT2D eigenvalue weighted by Crippen LogP contribution is 2.33. The predicted molar refractivity (Wildman–Crippen MR) is 83.9 cm³/mol. The minimum absolute atomic E-state index is 0.136. The summed E-state index contributed by atoms with van der Waals surface area (Å²) < 4.78 is 19.8. The van der Waals surface area contributed by atoms with Crippen molar-refractivity contribution in [1.82, 2.24) is 4.90 Å². The van der Waals surface area contributed by atoms with E-state index in [9.17, 15) is 9.18 Å². The van der Waals surface area contributed by atoms with E-state index in [1.165, 1.54) is 6.07 Å². The second kappa shape index (κ2) is 6.34. The molecule has 5 heteroatoms. The fraction of sp³-hybridized carbons (Fsp3) is 0.562. The van der Waals surface area contributed by atoms with Crippen LogP contribution in [0.4, 0.5) is 9.18 Å². The van der Waals surface area contributed by atoms with Gasteiger partial charge in [0.05, 0.1) is 0 Å². The van der Waals surface area contributed by atoms with Crippen LogP contribution in [-0.4, -0.2) is 29.7 Å². The third-order valence-corrected chi connectivity index (χ3v) is 4.19. The van der Waals surface area contributed by atoms with Crippen molar-refractivity contribution in [2.45, 2.75) is 45.1 Å². The summed E-state index contributed by atoms with van der Waals surface area (Å²) in [5.74, 6) is -0.112. The van der Waals surface area contributed by atoms with Gasteiger partial charge in [-0.25, -0.2) is 9.18 Å². The van der Waals surface area contributed by atoms with Crippen LogP contribution in [0, 0.1) is 5.82 Å². The minimum atomic E-state index is -0.497. The van der Waals surface area contributed by atoms with E-state index in [1.807, 2.05) is 20.8 Å². The molecule has 1 aromatic carbocycles. The van der Waals surface area contributed by atoms with E-state index >= 15 is 0 Å². The van der Waals surface area contributed by atoms with Crippen LogP contribution in [-0.2, 0) is 4.74 Å². The van der Waals surface area contributed by atoms with Crippen molar-refractivity contribution in [3.8, 4) is 0 Å². The lowest BCUT2D eigenvalue weighted by atomic mass is 9.91. The van der Waals surface area contributed by atoms with Crippen molar-refractivity contribution in [3.05, 3.63) is 34.1 Å². The lowest BCUT2D eigenvalue weighted by molar-refractivity contribution is 0.0198. The molecule has 116 valence electrons. The first-order valence-electron chi connectivity index (χ1n) is 7.19. The Kier molecular flexibility index (Phi) is 4.91. The largest absolute Gasteiger partial charge is 0.444 e. The smallest absolute Gasteiger partial charge is 0.410 e. The zero-order valence-electron chi connectivity index (χ0n) is 12.7. The van der Waals surface area contributed by atoms with Crippen LogP contribution >= 0.6 is 15.9 Å². The van der Waals surface area contributed by atoms with Gasteiger partial charge in [0.2, 0.25) is 0 Å². The predicted octanol–water partition coefficient (Wildman–Crippen LogP) is 4.70. The number of hydrogen-bond acceptors (Lipinski definition) is 2. The van der Waals surface area contributed by atoms with Gasteiger partial charge in [-0.1, -0.05) is 15.9 Å². The molecule has 0 bridgehead atoms. The van der Waals surface area contributed by atoms with Crippen LogP contribution in [0.15, 0.2) is 22.7 Å². The highest BCUT2D eigenvalue weighted by molar-refractivity contribution is 9.10.